The van der Waals surface area contributed by atoms with Crippen molar-refractivity contribution in [1.29, 1.82) is 0 Å². The summed E-state index contributed by atoms with van der Waals surface area (Å²) in [7, 11) is 1.79. The van der Waals surface area contributed by atoms with Crippen LogP contribution in [0.2, 0.25) is 0 Å². The average Bonchev–Trinajstić information content (AvgIpc) is 3.15. The minimum atomic E-state index is 0.318. The largest absolute Gasteiger partial charge is 0.497 e. The molecule has 4 aliphatic rings. The number of methoxy groups -OCH3 is 1. The first-order valence-corrected chi connectivity index (χ1v) is 9.43. The normalized spacial score (nSPS) is 41.0. The lowest BCUT2D eigenvalue weighted by molar-refractivity contribution is -0.0309. The quantitative estimate of drug-likeness (QED) is 0.899. The van der Waals surface area contributed by atoms with Crippen molar-refractivity contribution >= 4 is 5.69 Å². The second-order valence-electron chi connectivity index (χ2n) is 8.20. The van der Waals surface area contributed by atoms with Gasteiger partial charge in [-0.15, -0.1) is 0 Å². The number of fused-ring (bicyclic) bond motifs is 1. The molecular weight excluding hydrogens is 284 g/mol. The zero-order valence-electron chi connectivity index (χ0n) is 14.4. The number of ether oxygens (including phenoxy) is 1. The van der Waals surface area contributed by atoms with E-state index in [1.807, 2.05) is 0 Å². The molecule has 1 N–H and O–H groups in total. The molecule has 2 saturated heterocycles. The van der Waals surface area contributed by atoms with Crippen LogP contribution in [0.15, 0.2) is 18.2 Å². The topological polar surface area (TPSA) is 24.5 Å². The molecule has 3 aliphatic heterocycles. The molecule has 1 aliphatic carbocycles. The number of rotatable bonds is 2. The second-order valence-corrected chi connectivity index (χ2v) is 8.20. The van der Waals surface area contributed by atoms with Crippen LogP contribution in [0.3, 0.4) is 0 Å². The third kappa shape index (κ3) is 1.60. The van der Waals surface area contributed by atoms with E-state index in [0.717, 1.165) is 11.8 Å². The van der Waals surface area contributed by atoms with Crippen molar-refractivity contribution in [2.45, 2.75) is 62.9 Å². The second kappa shape index (κ2) is 4.66. The average molecular weight is 312 g/mol. The molecule has 124 valence electrons. The first kappa shape index (κ1) is 14.2. The van der Waals surface area contributed by atoms with Gasteiger partial charge in [0.1, 0.15) is 5.75 Å². The van der Waals surface area contributed by atoms with Gasteiger partial charge in [-0.2, -0.15) is 0 Å². The van der Waals surface area contributed by atoms with E-state index < -0.39 is 0 Å². The minimum Gasteiger partial charge on any atom is -0.497 e. The van der Waals surface area contributed by atoms with Crippen molar-refractivity contribution in [2.24, 2.45) is 5.41 Å². The standard InChI is InChI=1S/C20H28N2O/c1-3-19-8-4-11-22-12-10-20(18(19)22)15-13-14(23-2)5-6-16(15)21-17(20)7-9-19/h5-6,13,17-18,21H,3-4,7-12H2,1-2H3/t17-,18+,19+,20-/m0/s1. The number of hydrogen-bond donors (Lipinski definition) is 1. The smallest absolute Gasteiger partial charge is 0.119 e. The van der Waals surface area contributed by atoms with Crippen molar-refractivity contribution in [2.75, 3.05) is 25.5 Å². The Hall–Kier alpha value is -1.22. The van der Waals surface area contributed by atoms with E-state index in [1.54, 1.807) is 12.7 Å². The Morgan fingerprint density at radius 2 is 2.17 bits per heavy atom. The fourth-order valence-electron chi connectivity index (χ4n) is 6.75. The molecule has 4 atom stereocenters. The molecule has 0 amide bonds. The Morgan fingerprint density at radius 1 is 1.26 bits per heavy atom. The van der Waals surface area contributed by atoms with E-state index in [1.165, 1.54) is 57.3 Å². The van der Waals surface area contributed by atoms with Crippen molar-refractivity contribution in [3.63, 3.8) is 0 Å². The predicted octanol–water partition coefficient (Wildman–Crippen LogP) is 3.79. The van der Waals surface area contributed by atoms with Crippen LogP contribution in [0.5, 0.6) is 5.75 Å². The number of benzene rings is 1. The molecule has 3 heterocycles. The Labute approximate surface area is 139 Å². The molecule has 1 aromatic rings. The van der Waals surface area contributed by atoms with Gasteiger partial charge in [-0.25, -0.2) is 0 Å². The fraction of sp³-hybridized carbons (Fsp3) is 0.700. The van der Waals surface area contributed by atoms with Crippen LogP contribution in [-0.2, 0) is 5.41 Å². The van der Waals surface area contributed by atoms with Gasteiger partial charge in [-0.1, -0.05) is 6.92 Å². The van der Waals surface area contributed by atoms with Gasteiger partial charge in [0, 0.05) is 23.2 Å². The van der Waals surface area contributed by atoms with Crippen molar-refractivity contribution in [1.82, 2.24) is 4.90 Å². The van der Waals surface area contributed by atoms with Gasteiger partial charge in [0.15, 0.2) is 0 Å². The van der Waals surface area contributed by atoms with Gasteiger partial charge < -0.3 is 10.1 Å². The van der Waals surface area contributed by atoms with Crippen LogP contribution in [0, 0.1) is 5.41 Å². The van der Waals surface area contributed by atoms with Gasteiger partial charge in [0.05, 0.1) is 7.11 Å². The molecule has 23 heavy (non-hydrogen) atoms. The van der Waals surface area contributed by atoms with E-state index in [-0.39, 0.29) is 0 Å². The van der Waals surface area contributed by atoms with Gasteiger partial charge in [-0.3, -0.25) is 4.90 Å². The van der Waals surface area contributed by atoms with Crippen molar-refractivity contribution in [3.8, 4) is 5.75 Å². The highest BCUT2D eigenvalue weighted by Crippen LogP contribution is 2.64. The SMILES string of the molecule is CC[C@@]12CCCN3CC[C@@]4(c5cc(OC)ccc5N[C@H]4CC1)[C@H]32. The lowest BCUT2D eigenvalue weighted by atomic mass is 9.52. The van der Waals surface area contributed by atoms with E-state index >= 15 is 0 Å². The van der Waals surface area contributed by atoms with Crippen molar-refractivity contribution < 1.29 is 4.74 Å². The van der Waals surface area contributed by atoms with Crippen LogP contribution in [0.1, 0.15) is 51.0 Å². The van der Waals surface area contributed by atoms with Gasteiger partial charge >= 0.3 is 0 Å². The maximum atomic E-state index is 5.57. The highest BCUT2D eigenvalue weighted by molar-refractivity contribution is 5.66. The first-order valence-electron chi connectivity index (χ1n) is 9.43. The molecule has 0 aromatic heterocycles. The molecule has 3 nitrogen and oxygen atoms in total. The maximum absolute atomic E-state index is 5.57. The van der Waals surface area contributed by atoms with E-state index in [9.17, 15) is 0 Å². The molecular formula is C20H28N2O. The van der Waals surface area contributed by atoms with E-state index in [0.29, 0.717) is 16.9 Å². The molecule has 5 rings (SSSR count). The van der Waals surface area contributed by atoms with Gasteiger partial charge in [0.2, 0.25) is 0 Å². The first-order chi connectivity index (χ1) is 11.2. The lowest BCUT2D eigenvalue weighted by Gasteiger charge is -2.58. The summed E-state index contributed by atoms with van der Waals surface area (Å²) in [5.74, 6) is 1.02. The van der Waals surface area contributed by atoms with Crippen molar-refractivity contribution in [3.05, 3.63) is 23.8 Å². The highest BCUT2D eigenvalue weighted by atomic mass is 16.5. The summed E-state index contributed by atoms with van der Waals surface area (Å²) in [6.45, 7) is 5.02. The summed E-state index contributed by atoms with van der Waals surface area (Å²) in [5.41, 5.74) is 3.78. The van der Waals surface area contributed by atoms with Gasteiger partial charge in [0.25, 0.3) is 0 Å². The Bertz CT molecular complexity index is 645. The molecule has 1 spiro atoms. The minimum absolute atomic E-state index is 0.318. The third-order valence-electron chi connectivity index (χ3n) is 7.68. The highest BCUT2D eigenvalue weighted by Gasteiger charge is 2.66. The molecule has 3 fully saturated rings. The molecule has 3 heteroatoms. The summed E-state index contributed by atoms with van der Waals surface area (Å²) in [6, 6.07) is 8.05. The zero-order chi connectivity index (χ0) is 15.7. The van der Waals surface area contributed by atoms with Crippen LogP contribution in [0.4, 0.5) is 5.69 Å². The van der Waals surface area contributed by atoms with Crippen LogP contribution in [-0.4, -0.2) is 37.2 Å². The number of hydrogen-bond acceptors (Lipinski definition) is 3. The van der Waals surface area contributed by atoms with E-state index in [2.05, 4.69) is 35.3 Å². The summed E-state index contributed by atoms with van der Waals surface area (Å²) in [6.07, 6.45) is 8.20. The van der Waals surface area contributed by atoms with Crippen LogP contribution >= 0.6 is 0 Å². The fourth-order valence-corrected chi connectivity index (χ4v) is 6.75. The molecule has 0 radical (unpaired) electrons. The molecule has 1 saturated carbocycles. The Balaban J connectivity index is 1.70. The number of anilines is 1. The van der Waals surface area contributed by atoms with Crippen LogP contribution in [0.25, 0.3) is 0 Å². The van der Waals surface area contributed by atoms with Gasteiger partial charge in [-0.05, 0) is 80.8 Å². The molecule has 0 bridgehead atoms. The zero-order valence-corrected chi connectivity index (χ0v) is 14.4. The monoisotopic (exact) mass is 312 g/mol. The summed E-state index contributed by atoms with van der Waals surface area (Å²) < 4.78 is 5.57. The number of nitrogens with zero attached hydrogens (tertiary/aromatic N) is 1. The Kier molecular flexibility index (Phi) is 2.87. The van der Waals surface area contributed by atoms with Crippen LogP contribution < -0.4 is 10.1 Å². The molecule has 0 unspecified atom stereocenters. The maximum Gasteiger partial charge on any atom is 0.119 e. The number of nitrogens with one attached hydrogen (secondary N) is 1. The summed E-state index contributed by atoms with van der Waals surface area (Å²) in [5, 5.41) is 3.90. The number of piperidine rings is 1. The van der Waals surface area contributed by atoms with E-state index in [4.69, 9.17) is 4.74 Å². The predicted molar refractivity (Wildman–Crippen MR) is 93.3 cm³/mol. The Morgan fingerprint density at radius 3 is 3.00 bits per heavy atom. The summed E-state index contributed by atoms with van der Waals surface area (Å²) in [4.78, 5) is 2.84. The lowest BCUT2D eigenvalue weighted by Crippen LogP contribution is -2.63. The molecule has 1 aromatic carbocycles. The summed E-state index contributed by atoms with van der Waals surface area (Å²) >= 11 is 0. The third-order valence-corrected chi connectivity index (χ3v) is 7.68.